The maximum Gasteiger partial charge on any atom is 0.407 e. The fourth-order valence-corrected chi connectivity index (χ4v) is 3.12. The molecule has 0 radical (unpaired) electrons. The van der Waals surface area contributed by atoms with Gasteiger partial charge in [0, 0.05) is 19.6 Å². The fraction of sp³-hybridized carbons (Fsp3) is 0.462. The Hall–Kier alpha value is -1.14. The number of alkyl carbamates (subject to hydrolysis) is 1. The van der Waals surface area contributed by atoms with Gasteiger partial charge in [-0.3, -0.25) is 4.90 Å². The van der Waals surface area contributed by atoms with Crippen molar-refractivity contribution in [1.29, 1.82) is 0 Å². The van der Waals surface area contributed by atoms with Gasteiger partial charge in [-0.15, -0.1) is 0 Å². The minimum atomic E-state index is -0.352. The van der Waals surface area contributed by atoms with E-state index in [9.17, 15) is 9.18 Å². The molecule has 3 rings (SSSR count). The summed E-state index contributed by atoms with van der Waals surface area (Å²) < 4.78 is 19.0. The monoisotopic (exact) mass is 328 g/mol. The first-order valence-corrected chi connectivity index (χ1v) is 7.04. The summed E-state index contributed by atoms with van der Waals surface area (Å²) >= 11 is 3.32. The van der Waals surface area contributed by atoms with E-state index in [1.54, 1.807) is 0 Å². The second-order valence-corrected chi connectivity index (χ2v) is 5.72. The second kappa shape index (κ2) is 5.09. The van der Waals surface area contributed by atoms with Crippen molar-refractivity contribution in [1.82, 2.24) is 10.2 Å². The molecule has 0 spiro atoms. The molecule has 1 unspecified atom stereocenters. The Morgan fingerprint density at radius 1 is 1.53 bits per heavy atom. The van der Waals surface area contributed by atoms with Gasteiger partial charge in [0.1, 0.15) is 12.4 Å². The molecule has 2 heterocycles. The first-order valence-electron chi connectivity index (χ1n) is 6.25. The number of hydrogen-bond acceptors (Lipinski definition) is 3. The van der Waals surface area contributed by atoms with E-state index in [1.807, 2.05) is 6.07 Å². The summed E-state index contributed by atoms with van der Waals surface area (Å²) in [7, 11) is 0. The van der Waals surface area contributed by atoms with Crippen molar-refractivity contribution in [3.8, 4) is 0 Å². The van der Waals surface area contributed by atoms with Crippen molar-refractivity contribution in [2.75, 3.05) is 19.7 Å². The lowest BCUT2D eigenvalue weighted by Gasteiger charge is -2.30. The van der Waals surface area contributed by atoms with E-state index in [0.29, 0.717) is 17.6 Å². The fourth-order valence-electron chi connectivity index (χ4n) is 2.61. The van der Waals surface area contributed by atoms with Crippen LogP contribution in [-0.4, -0.2) is 36.7 Å². The van der Waals surface area contributed by atoms with Crippen molar-refractivity contribution in [3.63, 3.8) is 0 Å². The summed E-state index contributed by atoms with van der Waals surface area (Å²) in [6, 6.07) is 3.39. The van der Waals surface area contributed by atoms with Crippen LogP contribution in [0.2, 0.25) is 0 Å². The highest BCUT2D eigenvalue weighted by Crippen LogP contribution is 2.29. The van der Waals surface area contributed by atoms with Gasteiger partial charge in [-0.05, 0) is 39.5 Å². The summed E-state index contributed by atoms with van der Waals surface area (Å²) in [5, 5.41) is 2.76. The van der Waals surface area contributed by atoms with Gasteiger partial charge >= 0.3 is 6.09 Å². The Morgan fingerprint density at radius 2 is 2.37 bits per heavy atom. The van der Waals surface area contributed by atoms with Crippen molar-refractivity contribution < 1.29 is 13.9 Å². The number of halogens is 2. The molecule has 1 aromatic rings. The number of hydrogen-bond donors (Lipinski definition) is 1. The van der Waals surface area contributed by atoms with Crippen molar-refractivity contribution in [2.24, 2.45) is 0 Å². The van der Waals surface area contributed by atoms with Gasteiger partial charge in [0.05, 0.1) is 10.5 Å². The molecule has 102 valence electrons. The van der Waals surface area contributed by atoms with Gasteiger partial charge in [-0.2, -0.15) is 0 Å². The third-order valence-electron chi connectivity index (χ3n) is 3.59. The van der Waals surface area contributed by atoms with Crippen LogP contribution in [-0.2, 0) is 17.7 Å². The first kappa shape index (κ1) is 12.9. The lowest BCUT2D eigenvalue weighted by Crippen LogP contribution is -2.42. The quantitative estimate of drug-likeness (QED) is 0.903. The minimum absolute atomic E-state index is 0.0291. The van der Waals surface area contributed by atoms with Gasteiger partial charge in [0.25, 0.3) is 0 Å². The average Bonchev–Trinajstić information content (AvgIpc) is 2.80. The van der Waals surface area contributed by atoms with E-state index in [4.69, 9.17) is 4.74 Å². The molecule has 19 heavy (non-hydrogen) atoms. The summed E-state index contributed by atoms with van der Waals surface area (Å²) in [6.45, 7) is 2.75. The number of ether oxygens (including phenoxy) is 1. The molecule has 1 atom stereocenters. The highest BCUT2D eigenvalue weighted by molar-refractivity contribution is 9.10. The van der Waals surface area contributed by atoms with Gasteiger partial charge in [0.15, 0.2) is 0 Å². The van der Waals surface area contributed by atoms with Crippen LogP contribution < -0.4 is 5.32 Å². The third-order valence-corrected chi connectivity index (χ3v) is 4.45. The maximum absolute atomic E-state index is 13.5. The Balaban J connectivity index is 1.71. The first-order chi connectivity index (χ1) is 9.13. The predicted molar refractivity (Wildman–Crippen MR) is 71.4 cm³/mol. The number of benzene rings is 1. The molecule has 0 saturated carbocycles. The zero-order chi connectivity index (χ0) is 13.4. The largest absolute Gasteiger partial charge is 0.447 e. The number of carbonyl (C=O) groups is 1. The van der Waals surface area contributed by atoms with Crippen LogP contribution in [0, 0.1) is 5.82 Å². The number of cyclic esters (lactones) is 1. The van der Waals surface area contributed by atoms with Crippen molar-refractivity contribution in [2.45, 2.75) is 19.0 Å². The molecule has 2 aliphatic rings. The molecule has 0 aromatic heterocycles. The Bertz CT molecular complexity index is 524. The molecule has 1 fully saturated rings. The van der Waals surface area contributed by atoms with Crippen LogP contribution in [0.15, 0.2) is 16.6 Å². The lowest BCUT2D eigenvalue weighted by molar-refractivity contribution is 0.173. The highest BCUT2D eigenvalue weighted by Gasteiger charge is 2.27. The molecule has 1 amide bonds. The molecule has 1 N–H and O–H groups in total. The van der Waals surface area contributed by atoms with Crippen LogP contribution in [0.3, 0.4) is 0 Å². The molecular weight excluding hydrogens is 315 g/mol. The van der Waals surface area contributed by atoms with Crippen LogP contribution >= 0.6 is 15.9 Å². The molecular formula is C13H14BrFN2O2. The van der Waals surface area contributed by atoms with Crippen LogP contribution in [0.4, 0.5) is 9.18 Å². The normalized spacial score (nSPS) is 22.8. The van der Waals surface area contributed by atoms with Crippen molar-refractivity contribution in [3.05, 3.63) is 33.5 Å². The topological polar surface area (TPSA) is 41.6 Å². The molecule has 0 aliphatic carbocycles. The maximum atomic E-state index is 13.5. The zero-order valence-electron chi connectivity index (χ0n) is 10.3. The van der Waals surface area contributed by atoms with E-state index in [-0.39, 0.29) is 18.0 Å². The molecule has 1 aromatic carbocycles. The van der Waals surface area contributed by atoms with Crippen LogP contribution in [0.1, 0.15) is 11.1 Å². The summed E-state index contributed by atoms with van der Waals surface area (Å²) in [4.78, 5) is 13.2. The second-order valence-electron chi connectivity index (χ2n) is 4.92. The molecule has 0 bridgehead atoms. The Morgan fingerprint density at radius 3 is 3.11 bits per heavy atom. The standard InChI is InChI=1S/C13H14BrFN2O2/c14-12-10-6-17(5-9-7-19-13(18)16-9)4-3-8(10)1-2-11(12)15/h1-2,9H,3-7H2,(H,16,18). The highest BCUT2D eigenvalue weighted by atomic mass is 79.9. The summed E-state index contributed by atoms with van der Waals surface area (Å²) in [6.07, 6.45) is 0.546. The Kier molecular flexibility index (Phi) is 3.45. The molecule has 6 heteroatoms. The number of amides is 1. The van der Waals surface area contributed by atoms with Crippen LogP contribution in [0.5, 0.6) is 0 Å². The SMILES string of the molecule is O=C1NC(CN2CCc3ccc(F)c(Br)c3C2)CO1. The van der Waals surface area contributed by atoms with Gasteiger partial charge in [-0.25, -0.2) is 9.18 Å². The number of nitrogens with one attached hydrogen (secondary N) is 1. The van der Waals surface area contributed by atoms with E-state index < -0.39 is 0 Å². The predicted octanol–water partition coefficient (Wildman–Crippen LogP) is 2.05. The van der Waals surface area contributed by atoms with E-state index in [0.717, 1.165) is 25.1 Å². The van der Waals surface area contributed by atoms with Crippen LogP contribution in [0.25, 0.3) is 0 Å². The number of fused-ring (bicyclic) bond motifs is 1. The Labute approximate surface area is 119 Å². The van der Waals surface area contributed by atoms with E-state index >= 15 is 0 Å². The van der Waals surface area contributed by atoms with Gasteiger partial charge in [0.2, 0.25) is 0 Å². The van der Waals surface area contributed by atoms with E-state index in [2.05, 4.69) is 26.1 Å². The lowest BCUT2D eigenvalue weighted by atomic mass is 9.99. The smallest absolute Gasteiger partial charge is 0.407 e. The van der Waals surface area contributed by atoms with Gasteiger partial charge < -0.3 is 10.1 Å². The van der Waals surface area contributed by atoms with Crippen molar-refractivity contribution >= 4 is 22.0 Å². The number of carbonyl (C=O) groups excluding carboxylic acids is 1. The van der Waals surface area contributed by atoms with E-state index in [1.165, 1.54) is 11.6 Å². The van der Waals surface area contributed by atoms with Gasteiger partial charge in [-0.1, -0.05) is 6.07 Å². The minimum Gasteiger partial charge on any atom is -0.447 e. The number of rotatable bonds is 2. The summed E-state index contributed by atoms with van der Waals surface area (Å²) in [5.74, 6) is -0.224. The number of nitrogens with zero attached hydrogens (tertiary/aromatic N) is 1. The molecule has 4 nitrogen and oxygen atoms in total. The molecule has 1 saturated heterocycles. The third kappa shape index (κ3) is 2.60. The molecule has 2 aliphatic heterocycles. The zero-order valence-corrected chi connectivity index (χ0v) is 11.9. The average molecular weight is 329 g/mol. The summed E-state index contributed by atoms with van der Waals surface area (Å²) in [5.41, 5.74) is 2.20.